The highest BCUT2D eigenvalue weighted by Crippen LogP contribution is 2.10. The fraction of sp³-hybridized carbons (Fsp3) is 0.909. The zero-order chi connectivity index (χ0) is 13.9. The Balaban J connectivity index is 4.31. The van der Waals surface area contributed by atoms with E-state index in [1.165, 1.54) is 6.26 Å². The summed E-state index contributed by atoms with van der Waals surface area (Å²) in [6.07, 6.45) is 1.18. The van der Waals surface area contributed by atoms with Crippen molar-refractivity contribution in [1.82, 2.24) is 4.90 Å². The molecule has 0 fully saturated rings. The molecule has 1 unspecified atom stereocenters. The minimum absolute atomic E-state index is 0.0383. The van der Waals surface area contributed by atoms with E-state index < -0.39 is 21.5 Å². The number of hydrogen-bond acceptors (Lipinski definition) is 5. The Morgan fingerprint density at radius 3 is 2.18 bits per heavy atom. The molecule has 0 saturated carbocycles. The highest BCUT2D eigenvalue weighted by atomic mass is 32.2. The van der Waals surface area contributed by atoms with Gasteiger partial charge < -0.3 is 4.74 Å². The molecule has 0 saturated heterocycles. The van der Waals surface area contributed by atoms with Crippen LogP contribution in [0.3, 0.4) is 0 Å². The third-order valence-corrected chi connectivity index (χ3v) is 3.15. The van der Waals surface area contributed by atoms with Crippen molar-refractivity contribution in [3.8, 4) is 0 Å². The lowest BCUT2D eigenvalue weighted by Gasteiger charge is -2.27. The van der Waals surface area contributed by atoms with Crippen LogP contribution in [-0.4, -0.2) is 56.5 Å². The van der Waals surface area contributed by atoms with E-state index in [1.807, 2.05) is 0 Å². The summed E-state index contributed by atoms with van der Waals surface area (Å²) in [4.78, 5) is 13.4. The molecular formula is C11H23NO4S. The number of esters is 1. The maximum absolute atomic E-state index is 11.7. The van der Waals surface area contributed by atoms with Gasteiger partial charge in [-0.15, -0.1) is 0 Å². The van der Waals surface area contributed by atoms with Gasteiger partial charge in [-0.2, -0.15) is 0 Å². The average molecular weight is 265 g/mol. The number of ether oxygens (including phenoxy) is 1. The van der Waals surface area contributed by atoms with Crippen molar-refractivity contribution < 1.29 is 17.9 Å². The topological polar surface area (TPSA) is 63.7 Å². The van der Waals surface area contributed by atoms with Gasteiger partial charge in [0.2, 0.25) is 0 Å². The molecule has 0 heterocycles. The molecule has 17 heavy (non-hydrogen) atoms. The van der Waals surface area contributed by atoms with Crippen LogP contribution in [0.25, 0.3) is 0 Å². The van der Waals surface area contributed by atoms with E-state index >= 15 is 0 Å². The SMILES string of the molecule is CC(C(=O)OC(C)(C)C)N(C)CCS(C)(=O)=O. The molecule has 1 atom stereocenters. The van der Waals surface area contributed by atoms with E-state index in [4.69, 9.17) is 4.74 Å². The van der Waals surface area contributed by atoms with Crippen LogP contribution in [0, 0.1) is 0 Å². The minimum Gasteiger partial charge on any atom is -0.459 e. The molecule has 6 heteroatoms. The monoisotopic (exact) mass is 265 g/mol. The van der Waals surface area contributed by atoms with Crippen LogP contribution < -0.4 is 0 Å². The Hall–Kier alpha value is -0.620. The van der Waals surface area contributed by atoms with Gasteiger partial charge in [0.15, 0.2) is 0 Å². The van der Waals surface area contributed by atoms with Crippen molar-refractivity contribution in [2.75, 3.05) is 25.6 Å². The van der Waals surface area contributed by atoms with Crippen LogP contribution >= 0.6 is 0 Å². The van der Waals surface area contributed by atoms with Crippen molar-refractivity contribution >= 4 is 15.8 Å². The lowest BCUT2D eigenvalue weighted by Crippen LogP contribution is -2.42. The van der Waals surface area contributed by atoms with Crippen LogP contribution in [0.15, 0.2) is 0 Å². The molecule has 0 amide bonds. The molecule has 0 spiro atoms. The molecule has 0 bridgehead atoms. The predicted octanol–water partition coefficient (Wildman–Crippen LogP) is 0.693. The number of sulfone groups is 1. The summed E-state index contributed by atoms with van der Waals surface area (Å²) >= 11 is 0. The maximum atomic E-state index is 11.7. The second-order valence-electron chi connectivity index (χ2n) is 5.32. The molecule has 0 aliphatic heterocycles. The highest BCUT2D eigenvalue weighted by Gasteiger charge is 2.24. The van der Waals surface area contributed by atoms with Gasteiger partial charge in [-0.25, -0.2) is 8.42 Å². The fourth-order valence-corrected chi connectivity index (χ4v) is 1.69. The van der Waals surface area contributed by atoms with Crippen LogP contribution in [-0.2, 0) is 19.4 Å². The third kappa shape index (κ3) is 8.15. The first-order chi connectivity index (χ1) is 7.42. The first kappa shape index (κ1) is 16.4. The lowest BCUT2D eigenvalue weighted by molar-refractivity contribution is -0.160. The second kappa shape index (κ2) is 5.82. The van der Waals surface area contributed by atoms with Gasteiger partial charge in [-0.3, -0.25) is 9.69 Å². The van der Waals surface area contributed by atoms with E-state index in [1.54, 1.807) is 39.6 Å². The van der Waals surface area contributed by atoms with Crippen LogP contribution in [0.2, 0.25) is 0 Å². The van der Waals surface area contributed by atoms with E-state index in [0.29, 0.717) is 6.54 Å². The normalized spacial score (nSPS) is 14.8. The number of rotatable bonds is 5. The Labute approximate surface area is 104 Å². The number of nitrogens with zero attached hydrogens (tertiary/aromatic N) is 1. The van der Waals surface area contributed by atoms with Crippen molar-refractivity contribution in [3.63, 3.8) is 0 Å². The Bertz CT molecular complexity index is 356. The van der Waals surface area contributed by atoms with Crippen LogP contribution in [0.4, 0.5) is 0 Å². The lowest BCUT2D eigenvalue weighted by atomic mass is 10.2. The third-order valence-electron chi connectivity index (χ3n) is 2.22. The van der Waals surface area contributed by atoms with E-state index in [2.05, 4.69) is 0 Å². The van der Waals surface area contributed by atoms with Gasteiger partial charge in [0.1, 0.15) is 21.5 Å². The quantitative estimate of drug-likeness (QED) is 0.684. The van der Waals surface area contributed by atoms with Gasteiger partial charge in [0.25, 0.3) is 0 Å². The molecule has 5 nitrogen and oxygen atoms in total. The summed E-state index contributed by atoms with van der Waals surface area (Å²) in [7, 11) is -1.30. The summed E-state index contributed by atoms with van der Waals surface area (Å²) in [5.74, 6) is -0.301. The number of hydrogen-bond donors (Lipinski definition) is 0. The summed E-state index contributed by atoms with van der Waals surface area (Å²) in [6, 6.07) is -0.448. The van der Waals surface area contributed by atoms with Gasteiger partial charge in [0.05, 0.1) is 5.75 Å². The standard InChI is InChI=1S/C11H23NO4S/c1-9(10(13)16-11(2,3)4)12(5)7-8-17(6,14)15/h9H,7-8H2,1-6H3. The van der Waals surface area contributed by atoms with Crippen molar-refractivity contribution in [2.24, 2.45) is 0 Å². The summed E-state index contributed by atoms with van der Waals surface area (Å²) in [5, 5.41) is 0. The minimum atomic E-state index is -3.01. The van der Waals surface area contributed by atoms with Crippen LogP contribution in [0.1, 0.15) is 27.7 Å². The van der Waals surface area contributed by atoms with Gasteiger partial charge >= 0.3 is 5.97 Å². The zero-order valence-electron chi connectivity index (χ0n) is 11.5. The Kier molecular flexibility index (Phi) is 5.61. The average Bonchev–Trinajstić information content (AvgIpc) is 2.08. The first-order valence-corrected chi connectivity index (χ1v) is 7.59. The number of carbonyl (C=O) groups is 1. The molecule has 0 aromatic rings. The molecule has 102 valence electrons. The van der Waals surface area contributed by atoms with Gasteiger partial charge in [-0.05, 0) is 34.7 Å². The second-order valence-corrected chi connectivity index (χ2v) is 7.58. The van der Waals surface area contributed by atoms with Gasteiger partial charge in [-0.1, -0.05) is 0 Å². The Morgan fingerprint density at radius 1 is 1.35 bits per heavy atom. The zero-order valence-corrected chi connectivity index (χ0v) is 12.3. The molecule has 0 radical (unpaired) electrons. The molecule has 0 rings (SSSR count). The van der Waals surface area contributed by atoms with E-state index in [-0.39, 0.29) is 11.7 Å². The first-order valence-electron chi connectivity index (χ1n) is 5.53. The molecule has 0 aliphatic rings. The largest absolute Gasteiger partial charge is 0.459 e. The fourth-order valence-electron chi connectivity index (χ4n) is 1.07. The smallest absolute Gasteiger partial charge is 0.323 e. The highest BCUT2D eigenvalue weighted by molar-refractivity contribution is 7.90. The van der Waals surface area contributed by atoms with E-state index in [0.717, 1.165) is 0 Å². The molecule has 0 aromatic carbocycles. The number of likely N-dealkylation sites (N-methyl/N-ethyl adjacent to an activating group) is 1. The summed E-state index contributed by atoms with van der Waals surface area (Å²) in [5.41, 5.74) is -0.525. The molecule has 0 aliphatic carbocycles. The molecular weight excluding hydrogens is 242 g/mol. The Morgan fingerprint density at radius 2 is 1.82 bits per heavy atom. The van der Waals surface area contributed by atoms with E-state index in [9.17, 15) is 13.2 Å². The van der Waals surface area contributed by atoms with Crippen LogP contribution in [0.5, 0.6) is 0 Å². The summed E-state index contributed by atoms with van der Waals surface area (Å²) < 4.78 is 27.3. The van der Waals surface area contributed by atoms with Crippen molar-refractivity contribution in [2.45, 2.75) is 39.3 Å². The molecule has 0 aromatic heterocycles. The predicted molar refractivity (Wildman–Crippen MR) is 67.6 cm³/mol. The van der Waals surface area contributed by atoms with Crippen molar-refractivity contribution in [3.05, 3.63) is 0 Å². The molecule has 0 N–H and O–H groups in total. The van der Waals surface area contributed by atoms with Crippen molar-refractivity contribution in [1.29, 1.82) is 0 Å². The maximum Gasteiger partial charge on any atom is 0.323 e. The van der Waals surface area contributed by atoms with Gasteiger partial charge in [0, 0.05) is 12.8 Å². The summed E-state index contributed by atoms with van der Waals surface area (Å²) in [6.45, 7) is 7.42. The number of carbonyl (C=O) groups excluding carboxylic acids is 1.